The van der Waals surface area contributed by atoms with Crippen molar-refractivity contribution in [3.8, 4) is 0 Å². The summed E-state index contributed by atoms with van der Waals surface area (Å²) in [6.07, 6.45) is 0. The summed E-state index contributed by atoms with van der Waals surface area (Å²) in [5.41, 5.74) is 2.30. The molecule has 0 aromatic heterocycles. The van der Waals surface area contributed by atoms with Gasteiger partial charge in [0.25, 0.3) is 0 Å². The number of hydrogen-bond donors (Lipinski definition) is 1. The van der Waals surface area contributed by atoms with Crippen molar-refractivity contribution in [3.63, 3.8) is 0 Å². The number of carbonyl (C=O) groups excluding carboxylic acids is 1. The van der Waals surface area contributed by atoms with Crippen LogP contribution in [0.3, 0.4) is 0 Å². The van der Waals surface area contributed by atoms with E-state index in [-0.39, 0.29) is 11.9 Å². The van der Waals surface area contributed by atoms with E-state index in [2.05, 4.69) is 22.3 Å². The summed E-state index contributed by atoms with van der Waals surface area (Å²) in [6.45, 7) is 2.39. The van der Waals surface area contributed by atoms with Crippen LogP contribution in [-0.2, 0) is 11.3 Å². The fourth-order valence-corrected chi connectivity index (χ4v) is 2.70. The number of benzene rings is 2. The van der Waals surface area contributed by atoms with Crippen molar-refractivity contribution in [2.24, 2.45) is 0 Å². The topological polar surface area (TPSA) is 32.3 Å². The van der Waals surface area contributed by atoms with Crippen LogP contribution in [0.25, 0.3) is 0 Å². The zero-order valence-corrected chi connectivity index (χ0v) is 11.3. The van der Waals surface area contributed by atoms with Gasteiger partial charge in [-0.25, -0.2) is 0 Å². The van der Waals surface area contributed by atoms with Gasteiger partial charge in [0.05, 0.1) is 0 Å². The zero-order valence-electron chi connectivity index (χ0n) is 11.3. The van der Waals surface area contributed by atoms with Gasteiger partial charge in [-0.2, -0.15) is 0 Å². The molecule has 3 rings (SSSR count). The van der Waals surface area contributed by atoms with Gasteiger partial charge in [-0.1, -0.05) is 60.7 Å². The van der Waals surface area contributed by atoms with Crippen molar-refractivity contribution in [2.45, 2.75) is 12.6 Å². The lowest BCUT2D eigenvalue weighted by atomic mass is 10.0. The van der Waals surface area contributed by atoms with Crippen LogP contribution >= 0.6 is 0 Å². The van der Waals surface area contributed by atoms with Crippen LogP contribution in [0.5, 0.6) is 0 Å². The Bertz CT molecular complexity index is 568. The molecule has 1 heterocycles. The summed E-state index contributed by atoms with van der Waals surface area (Å²) < 4.78 is 0. The minimum Gasteiger partial charge on any atom is -0.353 e. The molecule has 1 atom stereocenters. The molecule has 0 spiro atoms. The number of hydrogen-bond acceptors (Lipinski definition) is 2. The number of amides is 1. The molecule has 2 aromatic rings. The Morgan fingerprint density at radius 2 is 1.65 bits per heavy atom. The molecule has 3 heteroatoms. The maximum atomic E-state index is 12.2. The summed E-state index contributed by atoms with van der Waals surface area (Å²) in [7, 11) is 0. The molecule has 1 aliphatic rings. The predicted molar refractivity (Wildman–Crippen MR) is 79.0 cm³/mol. The highest BCUT2D eigenvalue weighted by Gasteiger charge is 2.30. The van der Waals surface area contributed by atoms with Crippen LogP contribution in [0.2, 0.25) is 0 Å². The summed E-state index contributed by atoms with van der Waals surface area (Å²) >= 11 is 0. The van der Waals surface area contributed by atoms with E-state index in [4.69, 9.17) is 0 Å². The average molecular weight is 266 g/mol. The largest absolute Gasteiger partial charge is 0.353 e. The fourth-order valence-electron chi connectivity index (χ4n) is 2.70. The van der Waals surface area contributed by atoms with Crippen molar-refractivity contribution in [1.82, 2.24) is 10.2 Å². The van der Waals surface area contributed by atoms with E-state index < -0.39 is 0 Å². The third kappa shape index (κ3) is 2.73. The molecular formula is C17H18N2O. The molecule has 0 saturated carbocycles. The van der Waals surface area contributed by atoms with Crippen molar-refractivity contribution in [3.05, 3.63) is 71.8 Å². The first-order chi connectivity index (χ1) is 9.84. The van der Waals surface area contributed by atoms with E-state index in [0.29, 0.717) is 0 Å². The van der Waals surface area contributed by atoms with Gasteiger partial charge in [0, 0.05) is 19.6 Å². The number of nitrogens with zero attached hydrogens (tertiary/aromatic N) is 1. The average Bonchev–Trinajstić information content (AvgIpc) is 2.49. The van der Waals surface area contributed by atoms with Crippen molar-refractivity contribution in [2.75, 3.05) is 13.1 Å². The first-order valence-electron chi connectivity index (χ1n) is 6.95. The monoisotopic (exact) mass is 266 g/mol. The van der Waals surface area contributed by atoms with E-state index in [1.54, 1.807) is 0 Å². The van der Waals surface area contributed by atoms with Gasteiger partial charge in [-0.05, 0) is 11.1 Å². The maximum Gasteiger partial charge on any atom is 0.242 e. The highest BCUT2D eigenvalue weighted by molar-refractivity contribution is 5.83. The molecule has 0 radical (unpaired) electrons. The van der Waals surface area contributed by atoms with Crippen molar-refractivity contribution in [1.29, 1.82) is 0 Å². The normalized spacial score (nSPS) is 19.6. The third-order valence-electron chi connectivity index (χ3n) is 3.66. The lowest BCUT2D eigenvalue weighted by molar-refractivity contribution is -0.129. The Balaban J connectivity index is 1.85. The minimum absolute atomic E-state index is 0.0957. The second-order valence-electron chi connectivity index (χ2n) is 5.06. The number of piperazine rings is 1. The van der Waals surface area contributed by atoms with Gasteiger partial charge < -0.3 is 5.32 Å². The lowest BCUT2D eigenvalue weighted by Gasteiger charge is -2.35. The summed E-state index contributed by atoms with van der Waals surface area (Å²) in [4.78, 5) is 14.5. The van der Waals surface area contributed by atoms with E-state index in [1.165, 1.54) is 5.56 Å². The van der Waals surface area contributed by atoms with Gasteiger partial charge in [0.1, 0.15) is 6.04 Å². The second-order valence-corrected chi connectivity index (χ2v) is 5.06. The Morgan fingerprint density at radius 3 is 2.35 bits per heavy atom. The summed E-state index contributed by atoms with van der Waals surface area (Å²) in [5, 5.41) is 2.97. The Morgan fingerprint density at radius 1 is 1.00 bits per heavy atom. The molecule has 1 amide bonds. The molecule has 0 aliphatic carbocycles. The Kier molecular flexibility index (Phi) is 3.79. The molecule has 1 aliphatic heterocycles. The number of carbonyl (C=O) groups is 1. The molecule has 1 fully saturated rings. The standard InChI is InChI=1S/C17H18N2O/c20-17-16(15-9-5-2-6-10-15)19(12-11-18-17)13-14-7-3-1-4-8-14/h1-10,16H,11-13H2,(H,18,20)/t16-/m1/s1. The smallest absolute Gasteiger partial charge is 0.242 e. The Hall–Kier alpha value is -2.13. The van der Waals surface area contributed by atoms with E-state index >= 15 is 0 Å². The van der Waals surface area contributed by atoms with Crippen LogP contribution in [-0.4, -0.2) is 23.9 Å². The van der Waals surface area contributed by atoms with E-state index in [1.807, 2.05) is 48.5 Å². The molecule has 3 nitrogen and oxygen atoms in total. The zero-order chi connectivity index (χ0) is 13.8. The van der Waals surface area contributed by atoms with E-state index in [0.717, 1.165) is 25.2 Å². The van der Waals surface area contributed by atoms with Crippen LogP contribution in [0.4, 0.5) is 0 Å². The quantitative estimate of drug-likeness (QED) is 0.925. The molecule has 102 valence electrons. The van der Waals surface area contributed by atoms with Crippen LogP contribution in [0.15, 0.2) is 60.7 Å². The first-order valence-corrected chi connectivity index (χ1v) is 6.95. The van der Waals surface area contributed by atoms with Gasteiger partial charge >= 0.3 is 0 Å². The summed E-state index contributed by atoms with van der Waals surface area (Å²) in [6, 6.07) is 20.1. The summed E-state index contributed by atoms with van der Waals surface area (Å²) in [5.74, 6) is 0.0957. The maximum absolute atomic E-state index is 12.2. The molecule has 2 aromatic carbocycles. The first kappa shape index (κ1) is 12.9. The van der Waals surface area contributed by atoms with Gasteiger partial charge in [0.2, 0.25) is 5.91 Å². The van der Waals surface area contributed by atoms with Crippen molar-refractivity contribution >= 4 is 5.91 Å². The fraction of sp³-hybridized carbons (Fsp3) is 0.235. The van der Waals surface area contributed by atoms with Crippen molar-refractivity contribution < 1.29 is 4.79 Å². The molecule has 20 heavy (non-hydrogen) atoms. The van der Waals surface area contributed by atoms with Gasteiger partial charge in [-0.3, -0.25) is 9.69 Å². The molecule has 0 bridgehead atoms. The molecular weight excluding hydrogens is 248 g/mol. The highest BCUT2D eigenvalue weighted by Crippen LogP contribution is 2.24. The molecule has 1 N–H and O–H groups in total. The molecule has 1 saturated heterocycles. The predicted octanol–water partition coefficient (Wildman–Crippen LogP) is 2.36. The SMILES string of the molecule is O=C1NCCN(Cc2ccccc2)[C@@H]1c1ccccc1. The number of nitrogens with one attached hydrogen (secondary N) is 1. The Labute approximate surface area is 119 Å². The van der Waals surface area contributed by atoms with Crippen LogP contribution in [0, 0.1) is 0 Å². The highest BCUT2D eigenvalue weighted by atomic mass is 16.2. The van der Waals surface area contributed by atoms with Crippen LogP contribution in [0.1, 0.15) is 17.2 Å². The molecule has 0 unspecified atom stereocenters. The van der Waals surface area contributed by atoms with E-state index in [9.17, 15) is 4.79 Å². The van der Waals surface area contributed by atoms with Crippen LogP contribution < -0.4 is 5.32 Å². The lowest BCUT2D eigenvalue weighted by Crippen LogP contribution is -2.49. The minimum atomic E-state index is -0.190. The van der Waals surface area contributed by atoms with Gasteiger partial charge in [-0.15, -0.1) is 0 Å². The third-order valence-corrected chi connectivity index (χ3v) is 3.66. The number of rotatable bonds is 3. The van der Waals surface area contributed by atoms with Gasteiger partial charge in [0.15, 0.2) is 0 Å². The second kappa shape index (κ2) is 5.88.